The third-order valence-electron chi connectivity index (χ3n) is 3.34. The molecular weight excluding hydrogens is 250 g/mol. The van der Waals surface area contributed by atoms with Crippen LogP contribution in [0.4, 0.5) is 0 Å². The lowest BCUT2D eigenvalue weighted by atomic mass is 9.99. The molecule has 0 radical (unpaired) electrons. The van der Waals surface area contributed by atoms with Crippen molar-refractivity contribution in [1.82, 2.24) is 5.32 Å². The van der Waals surface area contributed by atoms with Crippen LogP contribution in [0, 0.1) is 13.8 Å². The highest BCUT2D eigenvalue weighted by Gasteiger charge is 2.16. The van der Waals surface area contributed by atoms with Gasteiger partial charge in [-0.05, 0) is 43.9 Å². The topological polar surface area (TPSA) is 38.3 Å². The molecule has 0 amide bonds. The fourth-order valence-electron chi connectivity index (χ4n) is 2.30. The van der Waals surface area contributed by atoms with Crippen molar-refractivity contribution in [2.75, 3.05) is 6.61 Å². The number of hydrogen-bond donors (Lipinski definition) is 1. The van der Waals surface area contributed by atoms with E-state index in [1.54, 1.807) is 0 Å². The molecule has 0 bridgehead atoms. The van der Waals surface area contributed by atoms with Gasteiger partial charge in [0.05, 0.1) is 13.0 Å². The van der Waals surface area contributed by atoms with Gasteiger partial charge in [0.2, 0.25) is 0 Å². The first-order chi connectivity index (χ1) is 9.42. The summed E-state index contributed by atoms with van der Waals surface area (Å²) in [6.45, 7) is 10.7. The number of benzene rings is 1. The predicted octanol–water partition coefficient (Wildman–Crippen LogP) is 3.17. The number of esters is 1. The Morgan fingerprint density at radius 3 is 2.50 bits per heavy atom. The van der Waals surface area contributed by atoms with Gasteiger partial charge in [0.1, 0.15) is 0 Å². The molecule has 3 nitrogen and oxygen atoms in total. The average Bonchev–Trinajstić information content (AvgIpc) is 2.33. The molecule has 0 saturated carbocycles. The van der Waals surface area contributed by atoms with Crippen LogP contribution in [0.3, 0.4) is 0 Å². The zero-order valence-electron chi connectivity index (χ0n) is 13.3. The number of ether oxygens (including phenoxy) is 1. The molecule has 112 valence electrons. The van der Waals surface area contributed by atoms with E-state index in [0.717, 1.165) is 6.42 Å². The largest absolute Gasteiger partial charge is 0.466 e. The quantitative estimate of drug-likeness (QED) is 0.778. The number of hydrogen-bond acceptors (Lipinski definition) is 3. The highest BCUT2D eigenvalue weighted by atomic mass is 16.5. The molecule has 0 aliphatic carbocycles. The lowest BCUT2D eigenvalue weighted by molar-refractivity contribution is -0.143. The first-order valence-corrected chi connectivity index (χ1v) is 7.40. The molecule has 1 aromatic carbocycles. The Morgan fingerprint density at radius 2 is 1.95 bits per heavy atom. The number of nitrogens with one attached hydrogen (secondary N) is 1. The molecule has 0 saturated heterocycles. The Morgan fingerprint density at radius 1 is 1.25 bits per heavy atom. The summed E-state index contributed by atoms with van der Waals surface area (Å²) in [4.78, 5) is 11.7. The second-order valence-electron chi connectivity index (χ2n) is 5.65. The summed E-state index contributed by atoms with van der Waals surface area (Å²) in [5, 5.41) is 3.45. The number of carbonyl (C=O) groups is 1. The van der Waals surface area contributed by atoms with Crippen molar-refractivity contribution >= 4 is 5.97 Å². The van der Waals surface area contributed by atoms with Gasteiger partial charge in [-0.25, -0.2) is 0 Å². The summed E-state index contributed by atoms with van der Waals surface area (Å²) in [5.41, 5.74) is 3.85. The van der Waals surface area contributed by atoms with Crippen molar-refractivity contribution in [2.45, 2.75) is 59.5 Å². The molecule has 0 aliphatic heterocycles. The lowest BCUT2D eigenvalue weighted by Gasteiger charge is -2.21. The van der Waals surface area contributed by atoms with E-state index in [1.807, 2.05) is 6.92 Å². The average molecular weight is 277 g/mol. The molecule has 0 aliphatic rings. The molecule has 0 spiro atoms. The van der Waals surface area contributed by atoms with E-state index in [-0.39, 0.29) is 12.0 Å². The zero-order chi connectivity index (χ0) is 15.1. The molecule has 1 rings (SSSR count). The van der Waals surface area contributed by atoms with Crippen molar-refractivity contribution < 1.29 is 9.53 Å². The van der Waals surface area contributed by atoms with E-state index in [9.17, 15) is 4.79 Å². The number of carbonyl (C=O) groups excluding carboxylic acids is 1. The van der Waals surface area contributed by atoms with E-state index in [1.165, 1.54) is 16.7 Å². The Balaban J connectivity index is 2.72. The fraction of sp³-hybridized carbons (Fsp3) is 0.588. The van der Waals surface area contributed by atoms with Crippen LogP contribution in [0.25, 0.3) is 0 Å². The monoisotopic (exact) mass is 277 g/mol. The number of rotatable bonds is 7. The number of aryl methyl sites for hydroxylation is 2. The lowest BCUT2D eigenvalue weighted by Crippen LogP contribution is -2.38. The Labute approximate surface area is 122 Å². The maximum absolute atomic E-state index is 11.7. The maximum atomic E-state index is 11.7. The minimum absolute atomic E-state index is 0.121. The minimum atomic E-state index is -0.130. The third-order valence-corrected chi connectivity index (χ3v) is 3.34. The summed E-state index contributed by atoms with van der Waals surface area (Å²) >= 11 is 0. The van der Waals surface area contributed by atoms with Crippen LogP contribution in [0.15, 0.2) is 18.2 Å². The highest BCUT2D eigenvalue weighted by molar-refractivity contribution is 5.70. The SMILES string of the molecule is CCOC(=O)CC(Cc1ccc(C)c(C)c1)NC(C)C. The smallest absolute Gasteiger partial charge is 0.307 e. The van der Waals surface area contributed by atoms with Crippen LogP contribution >= 0.6 is 0 Å². The summed E-state index contributed by atoms with van der Waals surface area (Å²) in [5.74, 6) is -0.130. The van der Waals surface area contributed by atoms with Crippen molar-refractivity contribution in [3.63, 3.8) is 0 Å². The van der Waals surface area contributed by atoms with Gasteiger partial charge in [0.25, 0.3) is 0 Å². The molecule has 3 heteroatoms. The minimum Gasteiger partial charge on any atom is -0.466 e. The van der Waals surface area contributed by atoms with E-state index >= 15 is 0 Å². The molecule has 1 aromatic rings. The van der Waals surface area contributed by atoms with Gasteiger partial charge < -0.3 is 10.1 Å². The molecule has 1 N–H and O–H groups in total. The first-order valence-electron chi connectivity index (χ1n) is 7.40. The maximum Gasteiger partial charge on any atom is 0.307 e. The van der Waals surface area contributed by atoms with Crippen molar-refractivity contribution in [1.29, 1.82) is 0 Å². The van der Waals surface area contributed by atoms with Crippen LogP contribution in [0.1, 0.15) is 43.9 Å². The molecule has 1 atom stereocenters. The molecule has 0 heterocycles. The summed E-state index contributed by atoms with van der Waals surface area (Å²) in [6, 6.07) is 6.96. The molecular formula is C17H27NO2. The van der Waals surface area contributed by atoms with Gasteiger partial charge >= 0.3 is 5.97 Å². The van der Waals surface area contributed by atoms with Gasteiger partial charge in [0, 0.05) is 12.1 Å². The standard InChI is InChI=1S/C17H27NO2/c1-6-20-17(19)11-16(18-12(2)3)10-15-8-7-13(4)14(5)9-15/h7-9,12,16,18H,6,10-11H2,1-5H3. The van der Waals surface area contributed by atoms with Crippen molar-refractivity contribution in [3.8, 4) is 0 Å². The van der Waals surface area contributed by atoms with E-state index in [2.05, 4.69) is 51.2 Å². The van der Waals surface area contributed by atoms with Crippen LogP contribution < -0.4 is 5.32 Å². The van der Waals surface area contributed by atoms with Gasteiger partial charge in [-0.1, -0.05) is 32.0 Å². The van der Waals surface area contributed by atoms with E-state index in [0.29, 0.717) is 19.1 Å². The summed E-state index contributed by atoms with van der Waals surface area (Å²) < 4.78 is 5.06. The van der Waals surface area contributed by atoms with Gasteiger partial charge in [-0.3, -0.25) is 4.79 Å². The van der Waals surface area contributed by atoms with Gasteiger partial charge in [-0.2, -0.15) is 0 Å². The zero-order valence-corrected chi connectivity index (χ0v) is 13.3. The summed E-state index contributed by atoms with van der Waals surface area (Å²) in [7, 11) is 0. The first kappa shape index (κ1) is 16.7. The molecule has 20 heavy (non-hydrogen) atoms. The van der Waals surface area contributed by atoms with Crippen molar-refractivity contribution in [2.24, 2.45) is 0 Å². The van der Waals surface area contributed by atoms with E-state index < -0.39 is 0 Å². The fourth-order valence-corrected chi connectivity index (χ4v) is 2.30. The summed E-state index contributed by atoms with van der Waals surface area (Å²) in [6.07, 6.45) is 1.26. The second kappa shape index (κ2) is 8.05. The molecule has 0 aromatic heterocycles. The normalized spacial score (nSPS) is 12.5. The molecule has 1 unspecified atom stereocenters. The predicted molar refractivity (Wildman–Crippen MR) is 82.9 cm³/mol. The second-order valence-corrected chi connectivity index (χ2v) is 5.65. The third kappa shape index (κ3) is 5.74. The molecule has 0 fully saturated rings. The van der Waals surface area contributed by atoms with Gasteiger partial charge in [-0.15, -0.1) is 0 Å². The Kier molecular flexibility index (Phi) is 6.73. The Hall–Kier alpha value is -1.35. The highest BCUT2D eigenvalue weighted by Crippen LogP contribution is 2.13. The van der Waals surface area contributed by atoms with Crippen LogP contribution in [0.5, 0.6) is 0 Å². The van der Waals surface area contributed by atoms with Crippen LogP contribution in [0.2, 0.25) is 0 Å². The van der Waals surface area contributed by atoms with Crippen LogP contribution in [-0.2, 0) is 16.0 Å². The van der Waals surface area contributed by atoms with Crippen molar-refractivity contribution in [3.05, 3.63) is 34.9 Å². The van der Waals surface area contributed by atoms with Crippen LogP contribution in [-0.4, -0.2) is 24.7 Å². The van der Waals surface area contributed by atoms with E-state index in [4.69, 9.17) is 4.74 Å². The Bertz CT molecular complexity index is 441. The van der Waals surface area contributed by atoms with Gasteiger partial charge in [0.15, 0.2) is 0 Å².